The van der Waals surface area contributed by atoms with E-state index in [-0.39, 0.29) is 19.1 Å². The van der Waals surface area contributed by atoms with Gasteiger partial charge in [0.2, 0.25) is 5.91 Å². The first-order chi connectivity index (χ1) is 17.5. The maximum Gasteiger partial charge on any atom is 0.472 e. The van der Waals surface area contributed by atoms with E-state index < -0.39 is 20.0 Å². The maximum absolute atomic E-state index is 12.2. The van der Waals surface area contributed by atoms with Crippen LogP contribution in [0.15, 0.2) is 12.2 Å². The summed E-state index contributed by atoms with van der Waals surface area (Å²) in [7, 11) is 1.56. The number of amides is 1. The average Bonchev–Trinajstić information content (AvgIpc) is 2.81. The van der Waals surface area contributed by atoms with E-state index in [0.29, 0.717) is 23.9 Å². The second-order valence-corrected chi connectivity index (χ2v) is 12.6. The summed E-state index contributed by atoms with van der Waals surface area (Å²) in [6, 6.07) is -0.834. The minimum atomic E-state index is -4.29. The summed E-state index contributed by atoms with van der Waals surface area (Å²) in [4.78, 5) is 22.1. The predicted octanol–water partition coefficient (Wildman–Crippen LogP) is 6.12. The summed E-state index contributed by atoms with van der Waals surface area (Å²) in [6.45, 7) is 4.42. The molecule has 0 aliphatic rings. The van der Waals surface area contributed by atoms with Crippen LogP contribution < -0.4 is 5.32 Å². The average molecular weight is 550 g/mol. The van der Waals surface area contributed by atoms with Gasteiger partial charge in [-0.15, -0.1) is 0 Å². The number of carbonyl (C=O) groups excluding carboxylic acids is 1. The summed E-state index contributed by atoms with van der Waals surface area (Å²) in [6.07, 6.45) is 19.9. The van der Waals surface area contributed by atoms with Crippen molar-refractivity contribution in [1.29, 1.82) is 0 Å². The number of likely N-dealkylation sites (N-methyl/N-ethyl adjacent to an activating group) is 1. The molecule has 220 valence electrons. The Morgan fingerprint density at radius 1 is 0.892 bits per heavy atom. The van der Waals surface area contributed by atoms with Crippen LogP contribution in [-0.2, 0) is 18.4 Å². The van der Waals surface area contributed by atoms with Crippen molar-refractivity contribution in [3.8, 4) is 0 Å². The number of hydrogen-bond donors (Lipinski definition) is 3. The second-order valence-electron chi connectivity index (χ2n) is 11.1. The summed E-state index contributed by atoms with van der Waals surface area (Å²) in [5, 5.41) is 13.3. The van der Waals surface area contributed by atoms with Crippen molar-refractivity contribution in [2.24, 2.45) is 0 Å². The van der Waals surface area contributed by atoms with Crippen LogP contribution in [0.4, 0.5) is 0 Å². The molecule has 0 aromatic heterocycles. The Bertz CT molecular complexity index is 639. The molecule has 0 aliphatic heterocycles. The van der Waals surface area contributed by atoms with E-state index in [1.54, 1.807) is 6.08 Å². The molecule has 0 radical (unpaired) electrons. The molecule has 0 aromatic carbocycles. The summed E-state index contributed by atoms with van der Waals surface area (Å²) >= 11 is 0. The van der Waals surface area contributed by atoms with Gasteiger partial charge < -0.3 is 19.8 Å². The van der Waals surface area contributed by atoms with Gasteiger partial charge in [-0.1, -0.05) is 96.6 Å². The standard InChI is InChI=1S/C28H57N2O6P/c1-6-8-9-10-11-12-13-14-15-16-17-18-19-20-22-27(31)26(29-28(32)21-7-2)25-36-37(33,34)35-24-23-30(3,4)5/h20,22,26-27,31H,6-19,21,23-25H2,1-5H3,(H-,29,32,33,34)/p+1/b22-20+. The molecule has 0 saturated carbocycles. The number of nitrogens with zero attached hydrogens (tertiary/aromatic N) is 1. The van der Waals surface area contributed by atoms with Crippen molar-refractivity contribution in [2.75, 3.05) is 40.9 Å². The number of phosphoric ester groups is 1. The van der Waals surface area contributed by atoms with E-state index in [1.165, 1.54) is 64.2 Å². The fourth-order valence-electron chi connectivity index (χ4n) is 3.85. The maximum atomic E-state index is 12.2. The molecule has 0 spiro atoms. The lowest BCUT2D eigenvalue weighted by Gasteiger charge is -2.25. The number of aliphatic hydroxyl groups excluding tert-OH is 1. The Kier molecular flexibility index (Phi) is 21.6. The van der Waals surface area contributed by atoms with E-state index >= 15 is 0 Å². The van der Waals surface area contributed by atoms with Crippen LogP contribution in [0.1, 0.15) is 110 Å². The Hall–Kier alpha value is -0.760. The van der Waals surface area contributed by atoms with Gasteiger partial charge in [-0.05, 0) is 19.3 Å². The van der Waals surface area contributed by atoms with E-state index in [4.69, 9.17) is 9.05 Å². The molecule has 9 heteroatoms. The molecule has 3 atom stereocenters. The van der Waals surface area contributed by atoms with Gasteiger partial charge >= 0.3 is 7.82 Å². The fraction of sp³-hybridized carbons (Fsp3) is 0.893. The van der Waals surface area contributed by atoms with Crippen molar-refractivity contribution in [1.82, 2.24) is 5.32 Å². The van der Waals surface area contributed by atoms with Crippen molar-refractivity contribution >= 4 is 13.7 Å². The first kappa shape index (κ1) is 36.2. The third-order valence-electron chi connectivity index (χ3n) is 6.23. The molecule has 0 fully saturated rings. The zero-order valence-corrected chi connectivity index (χ0v) is 25.4. The van der Waals surface area contributed by atoms with Gasteiger partial charge in [0.15, 0.2) is 0 Å². The first-order valence-corrected chi connectivity index (χ1v) is 16.1. The molecule has 0 heterocycles. The van der Waals surface area contributed by atoms with Crippen molar-refractivity contribution in [2.45, 2.75) is 122 Å². The van der Waals surface area contributed by atoms with Gasteiger partial charge in [0.25, 0.3) is 0 Å². The van der Waals surface area contributed by atoms with Crippen LogP contribution in [0.2, 0.25) is 0 Å². The van der Waals surface area contributed by atoms with Gasteiger partial charge in [0, 0.05) is 6.42 Å². The van der Waals surface area contributed by atoms with E-state index in [1.807, 2.05) is 34.1 Å². The zero-order chi connectivity index (χ0) is 28.0. The lowest BCUT2D eigenvalue weighted by atomic mass is 10.0. The lowest BCUT2D eigenvalue weighted by molar-refractivity contribution is -0.870. The van der Waals surface area contributed by atoms with Gasteiger partial charge in [-0.3, -0.25) is 13.8 Å². The summed E-state index contributed by atoms with van der Waals surface area (Å²) < 4.78 is 22.9. The minimum Gasteiger partial charge on any atom is -0.387 e. The highest BCUT2D eigenvalue weighted by atomic mass is 31.2. The highest BCUT2D eigenvalue weighted by Gasteiger charge is 2.27. The number of hydrogen-bond acceptors (Lipinski definition) is 5. The van der Waals surface area contributed by atoms with Crippen molar-refractivity contribution < 1.29 is 32.9 Å². The largest absolute Gasteiger partial charge is 0.472 e. The molecule has 0 bridgehead atoms. The number of quaternary nitrogens is 1. The molecule has 3 unspecified atom stereocenters. The third kappa shape index (κ3) is 24.0. The van der Waals surface area contributed by atoms with E-state index in [0.717, 1.165) is 19.3 Å². The minimum absolute atomic E-state index is 0.0612. The SMILES string of the molecule is CCCCCCCCCCCCCC/C=C/C(O)C(COP(=O)(O)OCC[N+](C)(C)C)NC(=O)CCC. The smallest absolute Gasteiger partial charge is 0.387 e. The normalized spacial score (nSPS) is 15.5. The fourth-order valence-corrected chi connectivity index (χ4v) is 4.58. The van der Waals surface area contributed by atoms with Gasteiger partial charge in [-0.2, -0.15) is 0 Å². The molecule has 8 nitrogen and oxygen atoms in total. The predicted molar refractivity (Wildman–Crippen MR) is 152 cm³/mol. The molecule has 37 heavy (non-hydrogen) atoms. The van der Waals surface area contributed by atoms with Crippen molar-refractivity contribution in [3.63, 3.8) is 0 Å². The van der Waals surface area contributed by atoms with Crippen LogP contribution in [0.25, 0.3) is 0 Å². The van der Waals surface area contributed by atoms with Gasteiger partial charge in [0.05, 0.1) is 39.9 Å². The number of nitrogens with one attached hydrogen (secondary N) is 1. The Balaban J connectivity index is 4.31. The molecule has 0 rings (SSSR count). The monoisotopic (exact) mass is 549 g/mol. The number of rotatable bonds is 25. The second kappa shape index (κ2) is 22.1. The molecule has 0 aromatic rings. The van der Waals surface area contributed by atoms with Crippen LogP contribution in [0, 0.1) is 0 Å². The Morgan fingerprint density at radius 2 is 1.43 bits per heavy atom. The van der Waals surface area contributed by atoms with Crippen LogP contribution in [-0.4, -0.2) is 73.4 Å². The zero-order valence-electron chi connectivity index (χ0n) is 24.5. The molecular formula is C28H58N2O6P+. The third-order valence-corrected chi connectivity index (χ3v) is 7.21. The number of aliphatic hydroxyl groups is 1. The molecular weight excluding hydrogens is 491 g/mol. The highest BCUT2D eigenvalue weighted by Crippen LogP contribution is 2.43. The number of allylic oxidation sites excluding steroid dienone is 1. The molecule has 3 N–H and O–H groups in total. The lowest BCUT2D eigenvalue weighted by Crippen LogP contribution is -2.45. The number of phosphoric acid groups is 1. The Morgan fingerprint density at radius 3 is 1.95 bits per heavy atom. The molecule has 0 aliphatic carbocycles. The first-order valence-electron chi connectivity index (χ1n) is 14.6. The van der Waals surface area contributed by atoms with E-state index in [2.05, 4.69) is 12.2 Å². The Labute approximate surface area is 227 Å². The summed E-state index contributed by atoms with van der Waals surface area (Å²) in [5.74, 6) is -0.233. The van der Waals surface area contributed by atoms with Gasteiger partial charge in [0.1, 0.15) is 13.2 Å². The number of carbonyl (C=O) groups is 1. The summed E-state index contributed by atoms with van der Waals surface area (Å²) in [5.41, 5.74) is 0. The molecule has 1 amide bonds. The highest BCUT2D eigenvalue weighted by molar-refractivity contribution is 7.47. The quantitative estimate of drug-likeness (QED) is 0.0548. The number of unbranched alkanes of at least 4 members (excludes halogenated alkanes) is 12. The molecule has 0 saturated heterocycles. The van der Waals surface area contributed by atoms with Crippen LogP contribution >= 0.6 is 7.82 Å². The van der Waals surface area contributed by atoms with E-state index in [9.17, 15) is 19.4 Å². The van der Waals surface area contributed by atoms with Gasteiger partial charge in [-0.25, -0.2) is 4.57 Å². The van der Waals surface area contributed by atoms with Crippen LogP contribution in [0.3, 0.4) is 0 Å². The topological polar surface area (TPSA) is 105 Å². The van der Waals surface area contributed by atoms with Crippen LogP contribution in [0.5, 0.6) is 0 Å². The van der Waals surface area contributed by atoms with Crippen molar-refractivity contribution in [3.05, 3.63) is 12.2 Å².